The van der Waals surface area contributed by atoms with E-state index in [1.807, 2.05) is 27.2 Å². The van der Waals surface area contributed by atoms with E-state index >= 15 is 0 Å². The van der Waals surface area contributed by atoms with Crippen molar-refractivity contribution in [2.24, 2.45) is 0 Å². The highest BCUT2D eigenvalue weighted by molar-refractivity contribution is 7.45. The fraction of sp³-hybridized carbons (Fsp3) is 0.944. The Kier molecular flexibility index (Phi) is 45.8. The Hall–Kier alpha value is -0.760. The van der Waals surface area contributed by atoms with Crippen LogP contribution in [0.15, 0.2) is 12.2 Å². The summed E-state index contributed by atoms with van der Waals surface area (Å²) >= 11 is 0. The first-order valence-corrected chi connectivity index (χ1v) is 29.0. The number of hydrogen-bond acceptors (Lipinski definition) is 6. The number of phosphoric acid groups is 1. The molecule has 1 amide bonds. The smallest absolute Gasteiger partial charge is 0.268 e. The molecule has 3 atom stereocenters. The van der Waals surface area contributed by atoms with Crippen molar-refractivity contribution in [3.05, 3.63) is 12.2 Å². The molecule has 376 valence electrons. The van der Waals surface area contributed by atoms with Crippen LogP contribution < -0.4 is 10.2 Å². The lowest BCUT2D eigenvalue weighted by atomic mass is 10.0. The lowest BCUT2D eigenvalue weighted by molar-refractivity contribution is -0.870. The van der Waals surface area contributed by atoms with Gasteiger partial charge in [0.15, 0.2) is 0 Å². The third-order valence-corrected chi connectivity index (χ3v) is 13.7. The van der Waals surface area contributed by atoms with Gasteiger partial charge in [0.1, 0.15) is 13.2 Å². The minimum Gasteiger partial charge on any atom is -0.756 e. The van der Waals surface area contributed by atoms with Gasteiger partial charge >= 0.3 is 0 Å². The average molecular weight is 913 g/mol. The van der Waals surface area contributed by atoms with Gasteiger partial charge < -0.3 is 28.8 Å². The number of allylic oxidation sites excluding steroid dienone is 1. The Morgan fingerprint density at radius 3 is 1.19 bits per heavy atom. The van der Waals surface area contributed by atoms with E-state index in [0.29, 0.717) is 17.4 Å². The number of rotatable bonds is 51. The topological polar surface area (TPSA) is 108 Å². The van der Waals surface area contributed by atoms with Gasteiger partial charge in [-0.1, -0.05) is 264 Å². The van der Waals surface area contributed by atoms with Crippen LogP contribution in [0.1, 0.15) is 277 Å². The fourth-order valence-corrected chi connectivity index (χ4v) is 9.11. The Labute approximate surface area is 392 Å². The van der Waals surface area contributed by atoms with Crippen molar-refractivity contribution < 1.29 is 32.9 Å². The van der Waals surface area contributed by atoms with Crippen molar-refractivity contribution in [3.63, 3.8) is 0 Å². The molecule has 0 bridgehead atoms. The van der Waals surface area contributed by atoms with Crippen LogP contribution in [-0.2, 0) is 18.4 Å². The minimum atomic E-state index is -4.59. The molecule has 0 fully saturated rings. The van der Waals surface area contributed by atoms with Crippen molar-refractivity contribution in [3.8, 4) is 0 Å². The van der Waals surface area contributed by atoms with Gasteiger partial charge in [0, 0.05) is 6.42 Å². The Balaban J connectivity index is 4.13. The SMILES string of the molecule is CCCCCCCCCCCCCCC/C=C/C(O)C(COP(=O)([O-])OCC[N+](C)(C)C)NC(=O)CCCCCCCCCCCCCCCCCCCCCCCCCCCC. The lowest BCUT2D eigenvalue weighted by Gasteiger charge is -2.29. The van der Waals surface area contributed by atoms with Gasteiger partial charge in [-0.2, -0.15) is 0 Å². The van der Waals surface area contributed by atoms with Crippen LogP contribution in [0, 0.1) is 0 Å². The van der Waals surface area contributed by atoms with E-state index in [1.54, 1.807) is 6.08 Å². The summed E-state index contributed by atoms with van der Waals surface area (Å²) in [5.41, 5.74) is 0. The number of aliphatic hydroxyl groups is 1. The number of likely N-dealkylation sites (N-methyl/N-ethyl adjacent to an activating group) is 1. The first-order chi connectivity index (χ1) is 30.5. The van der Waals surface area contributed by atoms with E-state index in [1.165, 1.54) is 218 Å². The predicted octanol–water partition coefficient (Wildman–Crippen LogP) is 15.6. The van der Waals surface area contributed by atoms with Crippen LogP contribution in [-0.4, -0.2) is 68.5 Å². The number of carbonyl (C=O) groups is 1. The molecule has 0 aromatic heterocycles. The quantitative estimate of drug-likeness (QED) is 0.0272. The first kappa shape index (κ1) is 62.2. The highest BCUT2D eigenvalue weighted by Gasteiger charge is 2.23. The number of nitrogens with zero attached hydrogens (tertiary/aromatic N) is 1. The van der Waals surface area contributed by atoms with Gasteiger partial charge in [0.25, 0.3) is 7.82 Å². The summed E-state index contributed by atoms with van der Waals surface area (Å²) in [6, 6.07) is -0.881. The highest BCUT2D eigenvalue weighted by atomic mass is 31.2. The van der Waals surface area contributed by atoms with Gasteiger partial charge in [-0.3, -0.25) is 9.36 Å². The molecule has 2 N–H and O–H groups in total. The van der Waals surface area contributed by atoms with Gasteiger partial charge in [-0.05, 0) is 19.3 Å². The molecule has 63 heavy (non-hydrogen) atoms. The number of quaternary nitrogens is 1. The molecular formula is C54H109N2O6P. The van der Waals surface area contributed by atoms with Gasteiger partial charge in [-0.15, -0.1) is 0 Å². The Morgan fingerprint density at radius 2 is 0.857 bits per heavy atom. The number of amides is 1. The standard InChI is InChI=1S/C54H109N2O6P/c1-6-8-10-12-14-16-18-20-22-23-24-25-26-27-28-29-30-31-32-34-36-38-40-42-44-46-48-54(58)55-52(51-62-63(59,60)61-50-49-56(3,4)5)53(57)47-45-43-41-39-37-35-33-21-19-17-15-13-11-9-7-2/h45,47,52-53,57H,6-44,46,48-51H2,1-5H3,(H-,55,58,59,60)/b47-45+. The summed E-state index contributed by atoms with van der Waals surface area (Å²) in [4.78, 5) is 25.4. The van der Waals surface area contributed by atoms with Crippen LogP contribution in [0.2, 0.25) is 0 Å². The molecule has 8 nitrogen and oxygen atoms in total. The summed E-state index contributed by atoms with van der Waals surface area (Å²) in [5, 5.41) is 13.9. The van der Waals surface area contributed by atoms with Crippen molar-refractivity contribution in [2.75, 3.05) is 40.9 Å². The molecule has 0 aromatic carbocycles. The summed E-state index contributed by atoms with van der Waals surface area (Å²) < 4.78 is 23.3. The molecule has 0 aliphatic heterocycles. The Bertz CT molecular complexity index is 1040. The van der Waals surface area contributed by atoms with E-state index in [9.17, 15) is 19.4 Å². The van der Waals surface area contributed by atoms with E-state index < -0.39 is 20.0 Å². The monoisotopic (exact) mass is 913 g/mol. The van der Waals surface area contributed by atoms with Crippen molar-refractivity contribution in [2.45, 2.75) is 289 Å². The van der Waals surface area contributed by atoms with Crippen LogP contribution in [0.4, 0.5) is 0 Å². The van der Waals surface area contributed by atoms with Crippen molar-refractivity contribution in [1.29, 1.82) is 0 Å². The molecule has 0 saturated carbocycles. The maximum atomic E-state index is 12.9. The van der Waals surface area contributed by atoms with Gasteiger partial charge in [-0.25, -0.2) is 0 Å². The third-order valence-electron chi connectivity index (χ3n) is 12.7. The molecule has 0 spiro atoms. The highest BCUT2D eigenvalue weighted by Crippen LogP contribution is 2.38. The molecule has 0 aliphatic carbocycles. The Morgan fingerprint density at radius 1 is 0.540 bits per heavy atom. The lowest BCUT2D eigenvalue weighted by Crippen LogP contribution is -2.45. The van der Waals surface area contributed by atoms with E-state index in [2.05, 4.69) is 19.2 Å². The summed E-state index contributed by atoms with van der Waals surface area (Å²) in [6.45, 7) is 4.69. The number of carbonyl (C=O) groups excluding carboxylic acids is 1. The number of phosphoric ester groups is 1. The molecule has 0 saturated heterocycles. The average Bonchev–Trinajstić information content (AvgIpc) is 3.24. The molecule has 0 radical (unpaired) electrons. The molecular weight excluding hydrogens is 804 g/mol. The number of aliphatic hydroxyl groups excluding tert-OH is 1. The predicted molar refractivity (Wildman–Crippen MR) is 270 cm³/mol. The second kappa shape index (κ2) is 46.4. The van der Waals surface area contributed by atoms with Crippen LogP contribution >= 0.6 is 7.82 Å². The second-order valence-corrected chi connectivity index (χ2v) is 21.7. The normalized spacial score (nSPS) is 14.1. The minimum absolute atomic E-state index is 0.00248. The maximum Gasteiger partial charge on any atom is 0.268 e. The molecule has 0 heterocycles. The summed E-state index contributed by atoms with van der Waals surface area (Å²) in [6.07, 6.45) is 55.7. The van der Waals surface area contributed by atoms with Crippen molar-refractivity contribution >= 4 is 13.7 Å². The molecule has 3 unspecified atom stereocenters. The van der Waals surface area contributed by atoms with E-state index in [0.717, 1.165) is 38.5 Å². The number of nitrogens with one attached hydrogen (secondary N) is 1. The molecule has 0 aliphatic rings. The molecule has 0 aromatic rings. The van der Waals surface area contributed by atoms with Crippen LogP contribution in [0.25, 0.3) is 0 Å². The van der Waals surface area contributed by atoms with Gasteiger partial charge in [0.2, 0.25) is 5.91 Å². The maximum absolute atomic E-state index is 12.9. The van der Waals surface area contributed by atoms with Crippen LogP contribution in [0.3, 0.4) is 0 Å². The molecule has 0 rings (SSSR count). The number of hydrogen-bond donors (Lipinski definition) is 2. The number of unbranched alkanes of at least 4 members (excludes halogenated alkanes) is 38. The summed E-state index contributed by atoms with van der Waals surface area (Å²) in [7, 11) is 1.28. The summed E-state index contributed by atoms with van der Waals surface area (Å²) in [5.74, 6) is -0.191. The zero-order chi connectivity index (χ0) is 46.4. The zero-order valence-corrected chi connectivity index (χ0v) is 43.7. The second-order valence-electron chi connectivity index (χ2n) is 20.3. The first-order valence-electron chi connectivity index (χ1n) is 27.6. The largest absolute Gasteiger partial charge is 0.756 e. The van der Waals surface area contributed by atoms with Crippen molar-refractivity contribution in [1.82, 2.24) is 5.32 Å². The zero-order valence-electron chi connectivity index (χ0n) is 42.8. The van der Waals surface area contributed by atoms with E-state index in [4.69, 9.17) is 9.05 Å². The van der Waals surface area contributed by atoms with E-state index in [-0.39, 0.29) is 19.1 Å². The fourth-order valence-electron chi connectivity index (χ4n) is 8.39. The van der Waals surface area contributed by atoms with Gasteiger partial charge in [0.05, 0.1) is 39.9 Å². The third kappa shape index (κ3) is 49.0. The molecule has 9 heteroatoms. The van der Waals surface area contributed by atoms with Crippen LogP contribution in [0.5, 0.6) is 0 Å².